The highest BCUT2D eigenvalue weighted by atomic mass is 16.3. The van der Waals surface area contributed by atoms with Gasteiger partial charge in [-0.3, -0.25) is 9.79 Å². The molecular weight excluding hydrogens is 486 g/mol. The van der Waals surface area contributed by atoms with Gasteiger partial charge in [-0.1, -0.05) is 54.6 Å². The Labute approximate surface area is 227 Å². The number of guanidine groups is 1. The lowest BCUT2D eigenvalue weighted by Gasteiger charge is -2.12. The number of aromatic hydroxyl groups is 1. The van der Waals surface area contributed by atoms with E-state index < -0.39 is 0 Å². The molecule has 1 aromatic heterocycles. The molecule has 1 heterocycles. The second-order valence-electron chi connectivity index (χ2n) is 9.76. The summed E-state index contributed by atoms with van der Waals surface area (Å²) < 4.78 is 2.32. The molecule has 5 rings (SSSR count). The van der Waals surface area contributed by atoms with Crippen molar-refractivity contribution in [1.82, 2.24) is 4.57 Å². The van der Waals surface area contributed by atoms with Gasteiger partial charge in [0.15, 0.2) is 5.96 Å². The third kappa shape index (κ3) is 6.57. The summed E-state index contributed by atoms with van der Waals surface area (Å²) in [6, 6.07) is 30.2. The molecule has 1 amide bonds. The van der Waals surface area contributed by atoms with E-state index in [2.05, 4.69) is 69.5 Å². The maximum Gasteiger partial charge on any atom is 0.224 e. The van der Waals surface area contributed by atoms with Crippen molar-refractivity contribution in [3.05, 3.63) is 108 Å². The molecule has 6 N–H and O–H groups in total. The van der Waals surface area contributed by atoms with Gasteiger partial charge in [0.05, 0.1) is 0 Å². The zero-order chi connectivity index (χ0) is 27.2. The van der Waals surface area contributed by atoms with Gasteiger partial charge in [0.25, 0.3) is 0 Å². The van der Waals surface area contributed by atoms with E-state index >= 15 is 0 Å². The van der Waals surface area contributed by atoms with Crippen molar-refractivity contribution >= 4 is 39.2 Å². The van der Waals surface area contributed by atoms with E-state index in [9.17, 15) is 9.90 Å². The number of benzene rings is 4. The second kappa shape index (κ2) is 11.7. The largest absolute Gasteiger partial charge is 0.508 e. The standard InChI is InChI=1S/C32H33N5O2/c33-32(34)35-17-15-28-21-26-20-27(36-31(39)14-8-22-6-11-29(38)12-7-22)10-13-30(26)37(28)18-16-23-5-9-24-3-1-2-4-25(24)19-23/h1-7,9-13,19-21,38H,8,14-18H2,(H,36,39)(H4,33,34,35). The van der Waals surface area contributed by atoms with Gasteiger partial charge in [0.1, 0.15) is 5.75 Å². The van der Waals surface area contributed by atoms with Crippen LogP contribution in [0.4, 0.5) is 5.69 Å². The van der Waals surface area contributed by atoms with Gasteiger partial charge in [-0.2, -0.15) is 0 Å². The quantitative estimate of drug-likeness (QED) is 0.151. The number of aliphatic imine (C=N–C) groups is 1. The smallest absolute Gasteiger partial charge is 0.224 e. The summed E-state index contributed by atoms with van der Waals surface area (Å²) in [5, 5.41) is 16.0. The Morgan fingerprint density at radius 1 is 0.795 bits per heavy atom. The van der Waals surface area contributed by atoms with E-state index in [-0.39, 0.29) is 17.6 Å². The molecular formula is C32H33N5O2. The first kappa shape index (κ1) is 25.9. The molecule has 0 aliphatic carbocycles. The van der Waals surface area contributed by atoms with Gasteiger partial charge in [-0.15, -0.1) is 0 Å². The minimum Gasteiger partial charge on any atom is -0.508 e. The molecule has 0 saturated heterocycles. The fourth-order valence-electron chi connectivity index (χ4n) is 4.96. The van der Waals surface area contributed by atoms with Gasteiger partial charge in [0.2, 0.25) is 5.91 Å². The molecule has 7 heteroatoms. The van der Waals surface area contributed by atoms with E-state index in [1.165, 1.54) is 16.3 Å². The number of rotatable bonds is 10. The Morgan fingerprint density at radius 2 is 1.56 bits per heavy atom. The van der Waals surface area contributed by atoms with Crippen molar-refractivity contribution in [3.8, 4) is 5.75 Å². The Hall–Kier alpha value is -4.78. The molecule has 0 saturated carbocycles. The average molecular weight is 520 g/mol. The van der Waals surface area contributed by atoms with Crippen LogP contribution in [-0.2, 0) is 30.6 Å². The van der Waals surface area contributed by atoms with Gasteiger partial charge >= 0.3 is 0 Å². The van der Waals surface area contributed by atoms with E-state index in [1.54, 1.807) is 12.1 Å². The number of aromatic nitrogens is 1. The molecule has 0 aliphatic rings. The Balaban J connectivity index is 1.32. The molecule has 4 aromatic carbocycles. The van der Waals surface area contributed by atoms with Crippen LogP contribution in [0.1, 0.15) is 23.2 Å². The van der Waals surface area contributed by atoms with Crippen molar-refractivity contribution in [3.63, 3.8) is 0 Å². The number of aryl methyl sites for hydroxylation is 3. The average Bonchev–Trinajstić information content (AvgIpc) is 3.27. The van der Waals surface area contributed by atoms with Crippen molar-refractivity contribution in [2.75, 3.05) is 11.9 Å². The summed E-state index contributed by atoms with van der Waals surface area (Å²) in [5.74, 6) is 0.260. The predicted molar refractivity (Wildman–Crippen MR) is 159 cm³/mol. The molecule has 0 spiro atoms. The van der Waals surface area contributed by atoms with Crippen LogP contribution < -0.4 is 16.8 Å². The minimum atomic E-state index is -0.0499. The summed E-state index contributed by atoms with van der Waals surface area (Å²) in [6.07, 6.45) is 2.56. The van der Waals surface area contributed by atoms with Crippen molar-refractivity contribution in [2.45, 2.75) is 32.2 Å². The Bertz CT molecular complexity index is 1630. The Kier molecular flexibility index (Phi) is 7.78. The monoisotopic (exact) mass is 519 g/mol. The number of nitrogens with one attached hydrogen (secondary N) is 1. The summed E-state index contributed by atoms with van der Waals surface area (Å²) >= 11 is 0. The van der Waals surface area contributed by atoms with Crippen LogP contribution in [0.25, 0.3) is 21.7 Å². The molecule has 5 aromatic rings. The molecule has 198 valence electrons. The van der Waals surface area contributed by atoms with Gasteiger partial charge in [0, 0.05) is 48.2 Å². The maximum atomic E-state index is 12.6. The van der Waals surface area contributed by atoms with Crippen LogP contribution in [-0.4, -0.2) is 28.1 Å². The Morgan fingerprint density at radius 3 is 2.36 bits per heavy atom. The fraction of sp³-hybridized carbons (Fsp3) is 0.188. The zero-order valence-corrected chi connectivity index (χ0v) is 21.8. The molecule has 7 nitrogen and oxygen atoms in total. The fourth-order valence-corrected chi connectivity index (χ4v) is 4.96. The summed E-state index contributed by atoms with van der Waals surface area (Å²) in [6.45, 7) is 1.33. The first-order valence-corrected chi connectivity index (χ1v) is 13.2. The highest BCUT2D eigenvalue weighted by Crippen LogP contribution is 2.26. The molecule has 0 bridgehead atoms. The molecule has 0 aliphatic heterocycles. The summed E-state index contributed by atoms with van der Waals surface area (Å²) in [5.41, 5.74) is 16.4. The van der Waals surface area contributed by atoms with E-state index in [1.807, 2.05) is 24.3 Å². The normalized spacial score (nSPS) is 11.1. The molecule has 0 unspecified atom stereocenters. The highest BCUT2D eigenvalue weighted by Gasteiger charge is 2.12. The van der Waals surface area contributed by atoms with Gasteiger partial charge < -0.3 is 26.5 Å². The summed E-state index contributed by atoms with van der Waals surface area (Å²) in [4.78, 5) is 16.8. The van der Waals surface area contributed by atoms with Gasteiger partial charge in [-0.25, -0.2) is 0 Å². The van der Waals surface area contributed by atoms with Crippen molar-refractivity contribution in [2.24, 2.45) is 16.5 Å². The number of carbonyl (C=O) groups is 1. The van der Waals surface area contributed by atoms with Crippen molar-refractivity contribution in [1.29, 1.82) is 0 Å². The number of nitrogens with two attached hydrogens (primary N) is 2. The third-order valence-electron chi connectivity index (χ3n) is 6.95. The SMILES string of the molecule is NC(N)=NCCc1cc2cc(NC(=O)CCc3ccc(O)cc3)ccc2n1CCc1ccc2ccccc2c1. The lowest BCUT2D eigenvalue weighted by atomic mass is 10.1. The van der Waals surface area contributed by atoms with Crippen LogP contribution in [0.2, 0.25) is 0 Å². The topological polar surface area (TPSA) is 119 Å². The van der Waals surface area contributed by atoms with Crippen LogP contribution in [0, 0.1) is 0 Å². The van der Waals surface area contributed by atoms with Crippen LogP contribution in [0.5, 0.6) is 5.75 Å². The molecule has 0 radical (unpaired) electrons. The number of anilines is 1. The molecule has 39 heavy (non-hydrogen) atoms. The van der Waals surface area contributed by atoms with E-state index in [0.29, 0.717) is 25.8 Å². The lowest BCUT2D eigenvalue weighted by Crippen LogP contribution is -2.23. The number of phenols is 1. The number of fused-ring (bicyclic) bond motifs is 2. The summed E-state index contributed by atoms with van der Waals surface area (Å²) in [7, 11) is 0. The number of hydrogen-bond acceptors (Lipinski definition) is 3. The van der Waals surface area contributed by atoms with Crippen LogP contribution >= 0.6 is 0 Å². The second-order valence-corrected chi connectivity index (χ2v) is 9.76. The third-order valence-corrected chi connectivity index (χ3v) is 6.95. The van der Waals surface area contributed by atoms with Crippen molar-refractivity contribution < 1.29 is 9.90 Å². The number of carbonyl (C=O) groups excluding carboxylic acids is 1. The number of hydrogen-bond donors (Lipinski definition) is 4. The van der Waals surface area contributed by atoms with Gasteiger partial charge in [-0.05, 0) is 71.1 Å². The van der Waals surface area contributed by atoms with E-state index in [0.717, 1.165) is 40.8 Å². The van der Waals surface area contributed by atoms with E-state index in [4.69, 9.17) is 11.5 Å². The lowest BCUT2D eigenvalue weighted by molar-refractivity contribution is -0.116. The number of amides is 1. The number of nitrogens with zero attached hydrogens (tertiary/aromatic N) is 2. The number of phenolic OH excluding ortho intramolecular Hbond substituents is 1. The zero-order valence-electron chi connectivity index (χ0n) is 21.8. The highest BCUT2D eigenvalue weighted by molar-refractivity contribution is 5.94. The molecule has 0 fully saturated rings. The maximum absolute atomic E-state index is 12.6. The van der Waals surface area contributed by atoms with Crippen LogP contribution in [0.15, 0.2) is 96.0 Å². The molecule has 0 atom stereocenters. The minimum absolute atomic E-state index is 0.0499. The first-order chi connectivity index (χ1) is 18.9. The van der Waals surface area contributed by atoms with Crippen LogP contribution in [0.3, 0.4) is 0 Å². The first-order valence-electron chi connectivity index (χ1n) is 13.2. The predicted octanol–water partition coefficient (Wildman–Crippen LogP) is 5.13.